The van der Waals surface area contributed by atoms with E-state index in [4.69, 9.17) is 27.9 Å². The Balaban J connectivity index is 1.11. The van der Waals surface area contributed by atoms with Gasteiger partial charge in [-0.2, -0.15) is 17.2 Å². The second-order valence-corrected chi connectivity index (χ2v) is 12.5. The van der Waals surface area contributed by atoms with Gasteiger partial charge in [0.25, 0.3) is 0 Å². The number of benzene rings is 1. The average Bonchev–Trinajstić information content (AvgIpc) is 3.74. The van der Waals surface area contributed by atoms with Crippen LogP contribution in [0, 0.1) is 11.8 Å². The molecular formula is C26H26F2O13S. The minimum Gasteiger partial charge on any atom is -0.457 e. The van der Waals surface area contributed by atoms with Gasteiger partial charge in [-0.05, 0) is 50.8 Å². The molecule has 4 aliphatic rings. The Morgan fingerprint density at radius 1 is 1.12 bits per heavy atom. The maximum Gasteiger partial charge on any atom is 0.405 e. The van der Waals surface area contributed by atoms with Crippen molar-refractivity contribution in [3.8, 4) is 0 Å². The molecule has 5 heterocycles. The van der Waals surface area contributed by atoms with Crippen molar-refractivity contribution in [2.45, 2.75) is 86.8 Å². The smallest absolute Gasteiger partial charge is 0.405 e. The molecular weight excluding hydrogens is 590 g/mol. The lowest BCUT2D eigenvalue weighted by Gasteiger charge is -2.33. The Kier molecular flexibility index (Phi) is 6.73. The molecule has 0 spiro atoms. The Bertz CT molecular complexity index is 1530. The van der Waals surface area contributed by atoms with E-state index in [1.807, 2.05) is 6.07 Å². The van der Waals surface area contributed by atoms with E-state index in [1.165, 1.54) is 0 Å². The average molecular weight is 617 g/mol. The highest BCUT2D eigenvalue weighted by Gasteiger charge is 2.72. The molecule has 42 heavy (non-hydrogen) atoms. The summed E-state index contributed by atoms with van der Waals surface area (Å²) >= 11 is 0. The third-order valence-electron chi connectivity index (χ3n) is 8.48. The molecule has 4 bridgehead atoms. The van der Waals surface area contributed by atoms with Gasteiger partial charge >= 0.3 is 39.2 Å². The first kappa shape index (κ1) is 28.7. The second-order valence-electron chi connectivity index (χ2n) is 11.0. The monoisotopic (exact) mass is 616 g/mol. The molecule has 3 aliphatic heterocycles. The van der Waals surface area contributed by atoms with Crippen molar-refractivity contribution in [3.63, 3.8) is 0 Å². The summed E-state index contributed by atoms with van der Waals surface area (Å²) in [6, 6.07) is 5.42. The van der Waals surface area contributed by atoms with E-state index in [1.54, 1.807) is 12.1 Å². The molecule has 4 fully saturated rings. The van der Waals surface area contributed by atoms with E-state index in [0.29, 0.717) is 30.9 Å². The van der Waals surface area contributed by atoms with E-state index < -0.39 is 100 Å². The zero-order valence-electron chi connectivity index (χ0n) is 22.0. The summed E-state index contributed by atoms with van der Waals surface area (Å²) in [5, 5.41) is -4.76. The number of hydrogen-bond donors (Lipinski definition) is 1. The van der Waals surface area contributed by atoms with Gasteiger partial charge in [0.1, 0.15) is 40.8 Å². The van der Waals surface area contributed by atoms with Crippen LogP contribution in [0.2, 0.25) is 0 Å². The van der Waals surface area contributed by atoms with Crippen LogP contribution in [-0.2, 0) is 58.6 Å². The van der Waals surface area contributed by atoms with E-state index in [-0.39, 0.29) is 0 Å². The topological polar surface area (TPSA) is 182 Å². The molecule has 0 aromatic carbocycles. The molecule has 6 rings (SSSR count). The van der Waals surface area contributed by atoms with E-state index in [0.717, 1.165) is 18.4 Å². The van der Waals surface area contributed by atoms with Crippen LogP contribution in [0.25, 0.3) is 11.2 Å². The predicted octanol–water partition coefficient (Wildman–Crippen LogP) is 2.23. The fourth-order valence-corrected chi connectivity index (χ4v) is 6.93. The molecule has 1 saturated carbocycles. The molecule has 7 unspecified atom stereocenters. The molecule has 16 heteroatoms. The van der Waals surface area contributed by atoms with Gasteiger partial charge in [0.2, 0.25) is 0 Å². The van der Waals surface area contributed by atoms with E-state index in [9.17, 15) is 36.4 Å². The summed E-state index contributed by atoms with van der Waals surface area (Å²) in [5.74, 6) is -5.84. The highest BCUT2D eigenvalue weighted by molar-refractivity contribution is 7.86. The van der Waals surface area contributed by atoms with Crippen molar-refractivity contribution in [1.29, 1.82) is 0 Å². The van der Waals surface area contributed by atoms with Gasteiger partial charge in [-0.25, -0.2) is 0 Å². The SMILES string of the molecule is CC(OC(=O)CCC(=O)OC1C2OC(=O)C3C2OC1C3C(=O)OC1(c2cc3ccc2o3)CCCC1)C(F)(F)S(=O)(=O)O. The van der Waals surface area contributed by atoms with Gasteiger partial charge in [-0.15, -0.1) is 0 Å². The largest absolute Gasteiger partial charge is 0.457 e. The van der Waals surface area contributed by atoms with Crippen molar-refractivity contribution in [2.75, 3.05) is 0 Å². The third-order valence-corrected chi connectivity index (χ3v) is 9.50. The van der Waals surface area contributed by atoms with Crippen LogP contribution >= 0.6 is 0 Å². The number of ether oxygens (including phenoxy) is 5. The summed E-state index contributed by atoms with van der Waals surface area (Å²) < 4.78 is 90.3. The van der Waals surface area contributed by atoms with Crippen LogP contribution in [0.15, 0.2) is 22.6 Å². The fourth-order valence-electron chi connectivity index (χ4n) is 6.47. The molecule has 1 N–H and O–H groups in total. The van der Waals surface area contributed by atoms with Gasteiger partial charge < -0.3 is 28.1 Å². The molecule has 0 radical (unpaired) electrons. The highest BCUT2D eigenvalue weighted by Crippen LogP contribution is 2.53. The number of esters is 4. The van der Waals surface area contributed by atoms with Crippen molar-refractivity contribution in [1.82, 2.24) is 0 Å². The Morgan fingerprint density at radius 2 is 1.81 bits per heavy atom. The minimum absolute atomic E-state index is 0.557. The van der Waals surface area contributed by atoms with Crippen LogP contribution in [0.1, 0.15) is 51.0 Å². The second kappa shape index (κ2) is 9.84. The number of fused-ring (bicyclic) bond motifs is 3. The van der Waals surface area contributed by atoms with Gasteiger partial charge in [-0.3, -0.25) is 23.7 Å². The normalized spacial score (nSPS) is 30.4. The van der Waals surface area contributed by atoms with Crippen LogP contribution in [0.4, 0.5) is 8.78 Å². The van der Waals surface area contributed by atoms with Crippen molar-refractivity contribution in [3.05, 3.63) is 23.8 Å². The maximum atomic E-state index is 13.7. The molecule has 1 aliphatic carbocycles. The lowest BCUT2D eigenvalue weighted by molar-refractivity contribution is -0.174. The molecule has 13 nitrogen and oxygen atoms in total. The van der Waals surface area contributed by atoms with Crippen molar-refractivity contribution >= 4 is 45.2 Å². The van der Waals surface area contributed by atoms with Gasteiger partial charge in [0, 0.05) is 5.56 Å². The summed E-state index contributed by atoms with van der Waals surface area (Å²) in [5.41, 5.74) is 1.05. The molecule has 3 saturated heterocycles. The molecule has 2 aromatic heterocycles. The molecule has 7 atom stereocenters. The summed E-state index contributed by atoms with van der Waals surface area (Å²) in [6.45, 7) is 0.561. The van der Waals surface area contributed by atoms with Crippen molar-refractivity contribution in [2.24, 2.45) is 11.8 Å². The molecule has 2 aromatic rings. The van der Waals surface area contributed by atoms with Gasteiger partial charge in [0.15, 0.2) is 18.3 Å². The zero-order valence-corrected chi connectivity index (χ0v) is 22.8. The van der Waals surface area contributed by atoms with Crippen LogP contribution < -0.4 is 0 Å². The molecule has 0 amide bonds. The Labute approximate surface area is 236 Å². The van der Waals surface area contributed by atoms with Crippen molar-refractivity contribution < 1.29 is 69.0 Å². The lowest BCUT2D eigenvalue weighted by atomic mass is 9.78. The summed E-state index contributed by atoms with van der Waals surface area (Å²) in [4.78, 5) is 50.9. The third kappa shape index (κ3) is 4.50. The predicted molar refractivity (Wildman–Crippen MR) is 130 cm³/mol. The van der Waals surface area contributed by atoms with E-state index in [2.05, 4.69) is 4.74 Å². The standard InChI is InChI=1S/C26H26F2O13S/c1-11(26(27,28)42(33,34)35)36-15(29)6-7-16(30)38-21-20-18(17-19(39-20)22(21)40-23(17)31)24(32)41-25(8-2-3-9-25)13-10-12-4-5-14(13)37-12/h4-5,10-11,17-22H,2-3,6-9H2,1H3,(H,33,34,35). The Hall–Kier alpha value is -3.37. The number of rotatable bonds is 10. The van der Waals surface area contributed by atoms with Gasteiger partial charge in [-0.1, -0.05) is 0 Å². The zero-order chi connectivity index (χ0) is 30.2. The maximum absolute atomic E-state index is 13.7. The first-order valence-electron chi connectivity index (χ1n) is 13.4. The number of halogens is 2. The fraction of sp³-hybridized carbons (Fsp3) is 0.615. The van der Waals surface area contributed by atoms with Crippen LogP contribution in [-0.4, -0.2) is 72.6 Å². The summed E-state index contributed by atoms with van der Waals surface area (Å²) in [6.07, 6.45) is -5.34. The van der Waals surface area contributed by atoms with E-state index >= 15 is 0 Å². The summed E-state index contributed by atoms with van der Waals surface area (Å²) in [7, 11) is -5.85. The minimum atomic E-state index is -5.85. The van der Waals surface area contributed by atoms with Crippen LogP contribution in [0.3, 0.4) is 0 Å². The van der Waals surface area contributed by atoms with Gasteiger partial charge in [0.05, 0.1) is 12.8 Å². The number of alkyl halides is 2. The number of carbonyl (C=O) groups excluding carboxylic acids is 4. The first-order chi connectivity index (χ1) is 19.7. The Morgan fingerprint density at radius 3 is 2.43 bits per heavy atom. The molecule has 228 valence electrons. The first-order valence-corrected chi connectivity index (χ1v) is 14.8. The number of furan rings is 2. The lowest BCUT2D eigenvalue weighted by Crippen LogP contribution is -2.49. The van der Waals surface area contributed by atoms with Crippen LogP contribution in [0.5, 0.6) is 0 Å². The quantitative estimate of drug-likeness (QED) is 0.233. The number of hydrogen-bond acceptors (Lipinski definition) is 12. The number of carbonyl (C=O) groups is 4. The highest BCUT2D eigenvalue weighted by atomic mass is 32.2.